The van der Waals surface area contributed by atoms with Crippen LogP contribution in [0.2, 0.25) is 0 Å². The largest absolute Gasteiger partial charge is 0.497 e. The van der Waals surface area contributed by atoms with Gasteiger partial charge in [0.2, 0.25) is 0 Å². The molecule has 1 aliphatic rings. The van der Waals surface area contributed by atoms with Gasteiger partial charge >= 0.3 is 0 Å². The second-order valence-corrected chi connectivity index (χ2v) is 7.27. The Morgan fingerprint density at radius 3 is 2.54 bits per heavy atom. The molecule has 0 radical (unpaired) electrons. The fourth-order valence-electron chi connectivity index (χ4n) is 2.92. The zero-order valence-electron chi connectivity index (χ0n) is 14.6. The van der Waals surface area contributed by atoms with Gasteiger partial charge in [-0.05, 0) is 42.7 Å². The van der Waals surface area contributed by atoms with E-state index >= 15 is 0 Å². The predicted molar refractivity (Wildman–Crippen MR) is 103 cm³/mol. The number of benzene rings is 2. The average molecular weight is 364 g/mol. The quantitative estimate of drug-likeness (QED) is 0.641. The summed E-state index contributed by atoms with van der Waals surface area (Å²) in [6, 6.07) is 18.2. The minimum Gasteiger partial charge on any atom is -0.497 e. The molecule has 1 aromatic heterocycles. The van der Waals surface area contributed by atoms with E-state index in [2.05, 4.69) is 17.1 Å². The van der Waals surface area contributed by atoms with Crippen LogP contribution in [0.3, 0.4) is 0 Å². The Hall–Kier alpha value is -2.66. The molecule has 132 valence electrons. The molecule has 0 atom stereocenters. The molecule has 0 aliphatic heterocycles. The molecule has 3 aromatic rings. The van der Waals surface area contributed by atoms with Crippen LogP contribution in [0, 0.1) is 0 Å². The molecule has 5 heteroatoms. The standard InChI is InChI=1S/C21H20N2O2S/c1-25-18-11-7-16(8-12-18)20-22-19(14-26-20)21(24)23(17-9-10-17)13-15-5-3-2-4-6-15/h2-8,11-12,14,17H,9-10,13H2,1H3. The van der Waals surface area contributed by atoms with Gasteiger partial charge in [-0.1, -0.05) is 30.3 Å². The predicted octanol–water partition coefficient (Wildman–Crippen LogP) is 4.62. The fourth-order valence-corrected chi connectivity index (χ4v) is 3.72. The van der Waals surface area contributed by atoms with Gasteiger partial charge in [-0.25, -0.2) is 4.98 Å². The van der Waals surface area contributed by atoms with Crippen LogP contribution in [0.4, 0.5) is 0 Å². The highest BCUT2D eigenvalue weighted by Gasteiger charge is 2.34. The lowest BCUT2D eigenvalue weighted by Gasteiger charge is -2.21. The Morgan fingerprint density at radius 2 is 1.88 bits per heavy atom. The number of carbonyl (C=O) groups is 1. The first kappa shape index (κ1) is 16.8. The number of thiazole rings is 1. The van der Waals surface area contributed by atoms with E-state index in [-0.39, 0.29) is 5.91 Å². The van der Waals surface area contributed by atoms with E-state index in [4.69, 9.17) is 4.74 Å². The van der Waals surface area contributed by atoms with Crippen LogP contribution in [0.1, 0.15) is 28.9 Å². The van der Waals surface area contributed by atoms with Gasteiger partial charge in [-0.2, -0.15) is 0 Å². The lowest BCUT2D eigenvalue weighted by Crippen LogP contribution is -2.32. The second-order valence-electron chi connectivity index (χ2n) is 6.42. The molecule has 0 N–H and O–H groups in total. The van der Waals surface area contributed by atoms with Crippen molar-refractivity contribution in [2.45, 2.75) is 25.4 Å². The zero-order valence-corrected chi connectivity index (χ0v) is 15.4. The highest BCUT2D eigenvalue weighted by Crippen LogP contribution is 2.31. The Balaban J connectivity index is 1.54. The third-order valence-electron chi connectivity index (χ3n) is 4.50. The number of hydrogen-bond donors (Lipinski definition) is 0. The van der Waals surface area contributed by atoms with Gasteiger partial charge < -0.3 is 9.64 Å². The molecular weight excluding hydrogens is 344 g/mol. The van der Waals surface area contributed by atoms with Crippen molar-refractivity contribution in [2.75, 3.05) is 7.11 Å². The van der Waals surface area contributed by atoms with Gasteiger partial charge in [-0.15, -0.1) is 11.3 Å². The summed E-state index contributed by atoms with van der Waals surface area (Å²) in [7, 11) is 1.65. The van der Waals surface area contributed by atoms with Crippen molar-refractivity contribution in [1.29, 1.82) is 0 Å². The van der Waals surface area contributed by atoms with Crippen LogP contribution in [-0.4, -0.2) is 28.9 Å². The molecule has 1 aliphatic carbocycles. The Morgan fingerprint density at radius 1 is 1.15 bits per heavy atom. The Bertz CT molecular complexity index is 886. The van der Waals surface area contributed by atoms with Crippen LogP contribution in [0.25, 0.3) is 10.6 Å². The minimum atomic E-state index is 0.0207. The maximum absolute atomic E-state index is 13.0. The highest BCUT2D eigenvalue weighted by atomic mass is 32.1. The van der Waals surface area contributed by atoms with Crippen LogP contribution >= 0.6 is 11.3 Å². The molecule has 0 bridgehead atoms. The molecule has 0 unspecified atom stereocenters. The van der Waals surface area contributed by atoms with Gasteiger partial charge in [0.05, 0.1) is 7.11 Å². The number of methoxy groups -OCH3 is 1. The summed E-state index contributed by atoms with van der Waals surface area (Å²) in [6.07, 6.45) is 2.15. The third kappa shape index (κ3) is 3.63. The van der Waals surface area contributed by atoms with E-state index in [1.54, 1.807) is 7.11 Å². The summed E-state index contributed by atoms with van der Waals surface area (Å²) in [5.74, 6) is 0.830. The van der Waals surface area contributed by atoms with Crippen molar-refractivity contribution >= 4 is 17.2 Å². The maximum atomic E-state index is 13.0. The van der Waals surface area contributed by atoms with Gasteiger partial charge in [0.1, 0.15) is 16.5 Å². The topological polar surface area (TPSA) is 42.4 Å². The molecule has 26 heavy (non-hydrogen) atoms. The number of amides is 1. The Labute approximate surface area is 157 Å². The number of carbonyl (C=O) groups excluding carboxylic acids is 1. The van der Waals surface area contributed by atoms with Crippen LogP contribution < -0.4 is 4.74 Å². The summed E-state index contributed by atoms with van der Waals surface area (Å²) in [5, 5.41) is 2.72. The molecule has 0 spiro atoms. The van der Waals surface area contributed by atoms with Crippen molar-refractivity contribution in [3.05, 3.63) is 71.2 Å². The molecule has 1 heterocycles. The summed E-state index contributed by atoms with van der Waals surface area (Å²) in [6.45, 7) is 0.639. The summed E-state index contributed by atoms with van der Waals surface area (Å²) >= 11 is 1.50. The molecule has 1 saturated carbocycles. The summed E-state index contributed by atoms with van der Waals surface area (Å²) in [4.78, 5) is 19.6. The van der Waals surface area contributed by atoms with E-state index in [9.17, 15) is 4.79 Å². The van der Waals surface area contributed by atoms with E-state index in [0.29, 0.717) is 18.3 Å². The smallest absolute Gasteiger partial charge is 0.273 e. The fraction of sp³-hybridized carbons (Fsp3) is 0.238. The lowest BCUT2D eigenvalue weighted by atomic mass is 10.2. The number of hydrogen-bond acceptors (Lipinski definition) is 4. The van der Waals surface area contributed by atoms with Gasteiger partial charge in [0.25, 0.3) is 5.91 Å². The van der Waals surface area contributed by atoms with Gasteiger partial charge in [0.15, 0.2) is 0 Å². The molecule has 0 saturated heterocycles. The first-order chi connectivity index (χ1) is 12.7. The van der Waals surface area contributed by atoms with Crippen molar-refractivity contribution in [2.24, 2.45) is 0 Å². The van der Waals surface area contributed by atoms with E-state index < -0.39 is 0 Å². The number of rotatable bonds is 6. The average Bonchev–Trinajstić information content (AvgIpc) is 3.42. The monoisotopic (exact) mass is 364 g/mol. The van der Waals surface area contributed by atoms with Crippen LogP contribution in [0.15, 0.2) is 60.0 Å². The number of aromatic nitrogens is 1. The highest BCUT2D eigenvalue weighted by molar-refractivity contribution is 7.13. The Kier molecular flexibility index (Phi) is 4.71. The molecule has 1 amide bonds. The molecule has 2 aromatic carbocycles. The number of ether oxygens (including phenoxy) is 1. The van der Waals surface area contributed by atoms with Crippen molar-refractivity contribution in [1.82, 2.24) is 9.88 Å². The summed E-state index contributed by atoms with van der Waals surface area (Å²) < 4.78 is 5.19. The molecule has 4 nitrogen and oxygen atoms in total. The van der Waals surface area contributed by atoms with Crippen molar-refractivity contribution < 1.29 is 9.53 Å². The maximum Gasteiger partial charge on any atom is 0.273 e. The first-order valence-electron chi connectivity index (χ1n) is 8.69. The minimum absolute atomic E-state index is 0.0207. The molecule has 4 rings (SSSR count). The normalized spacial score (nSPS) is 13.4. The molecule has 1 fully saturated rings. The van der Waals surface area contributed by atoms with E-state index in [1.165, 1.54) is 11.3 Å². The first-order valence-corrected chi connectivity index (χ1v) is 9.57. The number of nitrogens with zero attached hydrogens (tertiary/aromatic N) is 2. The van der Waals surface area contributed by atoms with Crippen molar-refractivity contribution in [3.63, 3.8) is 0 Å². The van der Waals surface area contributed by atoms with Crippen molar-refractivity contribution in [3.8, 4) is 16.3 Å². The van der Waals surface area contributed by atoms with Gasteiger partial charge in [0, 0.05) is 23.5 Å². The second kappa shape index (κ2) is 7.30. The zero-order chi connectivity index (χ0) is 17.9. The van der Waals surface area contributed by atoms with Crippen LogP contribution in [0.5, 0.6) is 5.75 Å². The molecular formula is C21H20N2O2S. The van der Waals surface area contributed by atoms with E-state index in [1.807, 2.05) is 52.7 Å². The SMILES string of the molecule is COc1ccc(-c2nc(C(=O)N(Cc3ccccc3)C3CC3)cs2)cc1. The summed E-state index contributed by atoms with van der Waals surface area (Å²) in [5.41, 5.74) is 2.68. The van der Waals surface area contributed by atoms with E-state index in [0.717, 1.165) is 34.7 Å². The third-order valence-corrected chi connectivity index (χ3v) is 5.40. The van der Waals surface area contributed by atoms with Gasteiger partial charge in [-0.3, -0.25) is 4.79 Å². The van der Waals surface area contributed by atoms with Crippen LogP contribution in [-0.2, 0) is 6.54 Å². The lowest BCUT2D eigenvalue weighted by molar-refractivity contribution is 0.0725.